The summed E-state index contributed by atoms with van der Waals surface area (Å²) < 4.78 is 32.3. The second-order valence-corrected chi connectivity index (χ2v) is 7.96. The molecular weight excluding hydrogens is 372 g/mol. The summed E-state index contributed by atoms with van der Waals surface area (Å²) in [7, 11) is -2.30. The van der Waals surface area contributed by atoms with Crippen molar-refractivity contribution in [3.63, 3.8) is 0 Å². The molecule has 9 heteroatoms. The first-order valence-corrected chi connectivity index (χ1v) is 9.71. The summed E-state index contributed by atoms with van der Waals surface area (Å²) in [6.45, 7) is 1.40. The summed E-state index contributed by atoms with van der Waals surface area (Å²) in [6.07, 6.45) is 0. The number of anilines is 1. The quantitative estimate of drug-likeness (QED) is 0.809. The molecule has 0 bridgehead atoms. The van der Waals surface area contributed by atoms with Crippen molar-refractivity contribution in [2.24, 2.45) is 0 Å². The number of nitrogens with zero attached hydrogens (tertiary/aromatic N) is 2. The fourth-order valence-electron chi connectivity index (χ4n) is 3.05. The molecule has 3 rings (SSSR count). The van der Waals surface area contributed by atoms with Crippen molar-refractivity contribution in [2.75, 3.05) is 38.2 Å². The number of sulfonamides is 1. The van der Waals surface area contributed by atoms with Crippen LogP contribution >= 0.6 is 0 Å². The molecule has 1 aliphatic rings. The molecule has 27 heavy (non-hydrogen) atoms. The molecule has 0 radical (unpaired) electrons. The number of carbonyl (C=O) groups is 1. The van der Waals surface area contributed by atoms with Crippen LogP contribution in [0.25, 0.3) is 0 Å². The predicted octanol–water partition coefficient (Wildman–Crippen LogP) is 0.978. The van der Waals surface area contributed by atoms with Crippen LogP contribution in [0, 0.1) is 0 Å². The van der Waals surface area contributed by atoms with Gasteiger partial charge in [-0.15, -0.1) is 0 Å². The monoisotopic (exact) mass is 391 g/mol. The Labute approximate surface area is 157 Å². The normalized spacial score (nSPS) is 15.5. The van der Waals surface area contributed by atoms with Gasteiger partial charge in [-0.3, -0.25) is 0 Å². The lowest BCUT2D eigenvalue weighted by Crippen LogP contribution is -2.48. The highest BCUT2D eigenvalue weighted by Crippen LogP contribution is 2.29. The minimum Gasteiger partial charge on any atom is -0.872 e. The maximum atomic E-state index is 12.8. The first-order valence-electron chi connectivity index (χ1n) is 8.27. The molecule has 0 saturated carbocycles. The van der Waals surface area contributed by atoms with Gasteiger partial charge in [-0.2, -0.15) is 4.31 Å². The number of methoxy groups -OCH3 is 1. The van der Waals surface area contributed by atoms with Crippen LogP contribution < -0.4 is 14.7 Å². The minimum atomic E-state index is -3.88. The van der Waals surface area contributed by atoms with Crippen LogP contribution in [-0.2, 0) is 10.0 Å². The van der Waals surface area contributed by atoms with Gasteiger partial charge in [-0.25, -0.2) is 13.2 Å². The molecule has 144 valence electrons. The SMILES string of the molecule is COc1ccccc1N1CCN(S(=O)(=O)c2ccc([O-])c(C(=O)O)c2)CC1. The Morgan fingerprint density at radius 1 is 1.11 bits per heavy atom. The van der Waals surface area contributed by atoms with Gasteiger partial charge in [0.2, 0.25) is 10.0 Å². The number of ether oxygens (including phenoxy) is 1. The van der Waals surface area contributed by atoms with E-state index in [4.69, 9.17) is 9.84 Å². The van der Waals surface area contributed by atoms with Crippen molar-refractivity contribution in [3.05, 3.63) is 48.0 Å². The standard InChI is InChI=1S/C18H20N2O6S/c1-26-17-5-3-2-4-15(17)19-8-10-20(11-9-19)27(24,25)13-6-7-16(21)14(12-13)18(22)23/h2-7,12,21H,8-11H2,1H3,(H,22,23)/p-1. The van der Waals surface area contributed by atoms with E-state index in [9.17, 15) is 18.3 Å². The van der Waals surface area contributed by atoms with E-state index in [-0.39, 0.29) is 18.0 Å². The van der Waals surface area contributed by atoms with Gasteiger partial charge in [0.1, 0.15) is 5.75 Å². The van der Waals surface area contributed by atoms with Crippen LogP contribution in [0.1, 0.15) is 10.4 Å². The van der Waals surface area contributed by atoms with Crippen LogP contribution in [0.5, 0.6) is 11.5 Å². The number of benzene rings is 2. The van der Waals surface area contributed by atoms with E-state index in [1.807, 2.05) is 29.2 Å². The number of piperazine rings is 1. The van der Waals surface area contributed by atoms with Gasteiger partial charge in [0.15, 0.2) is 0 Å². The number of hydrogen-bond acceptors (Lipinski definition) is 6. The highest BCUT2D eigenvalue weighted by molar-refractivity contribution is 7.89. The van der Waals surface area contributed by atoms with E-state index >= 15 is 0 Å². The van der Waals surface area contributed by atoms with Crippen LogP contribution in [0.3, 0.4) is 0 Å². The molecule has 0 atom stereocenters. The summed E-state index contributed by atoms with van der Waals surface area (Å²) in [5.41, 5.74) is 0.338. The summed E-state index contributed by atoms with van der Waals surface area (Å²) in [4.78, 5) is 13.0. The van der Waals surface area contributed by atoms with E-state index in [2.05, 4.69) is 0 Å². The second-order valence-electron chi connectivity index (χ2n) is 6.03. The van der Waals surface area contributed by atoms with Crippen molar-refractivity contribution in [3.8, 4) is 11.5 Å². The average molecular weight is 391 g/mol. The molecule has 2 aromatic carbocycles. The van der Waals surface area contributed by atoms with Gasteiger partial charge in [0, 0.05) is 26.2 Å². The Bertz CT molecular complexity index is 952. The Hall–Kier alpha value is -2.78. The van der Waals surface area contributed by atoms with E-state index in [0.717, 1.165) is 23.9 Å². The summed E-state index contributed by atoms with van der Waals surface area (Å²) in [5.74, 6) is -1.45. The highest BCUT2D eigenvalue weighted by Gasteiger charge is 2.29. The number of aromatic carboxylic acids is 1. The largest absolute Gasteiger partial charge is 0.872 e. The molecule has 0 amide bonds. The Morgan fingerprint density at radius 3 is 2.41 bits per heavy atom. The lowest BCUT2D eigenvalue weighted by atomic mass is 10.2. The van der Waals surface area contributed by atoms with Crippen molar-refractivity contribution >= 4 is 21.7 Å². The predicted molar refractivity (Wildman–Crippen MR) is 96.8 cm³/mol. The summed E-state index contributed by atoms with van der Waals surface area (Å²) in [6, 6.07) is 10.6. The Morgan fingerprint density at radius 2 is 1.78 bits per heavy atom. The van der Waals surface area contributed by atoms with E-state index in [1.54, 1.807) is 7.11 Å². The summed E-state index contributed by atoms with van der Waals surface area (Å²) in [5, 5.41) is 20.6. The van der Waals surface area contributed by atoms with Gasteiger partial charge >= 0.3 is 5.97 Å². The maximum absolute atomic E-state index is 12.8. The third kappa shape index (κ3) is 3.69. The van der Waals surface area contributed by atoms with Crippen molar-refractivity contribution in [2.45, 2.75) is 4.90 Å². The number of carboxylic acid groups (broad SMARTS) is 1. The van der Waals surface area contributed by atoms with Gasteiger partial charge in [0.05, 0.1) is 23.3 Å². The molecule has 8 nitrogen and oxygen atoms in total. The molecule has 0 unspecified atom stereocenters. The molecule has 0 aliphatic carbocycles. The topological polar surface area (TPSA) is 110 Å². The van der Waals surface area contributed by atoms with E-state index in [0.29, 0.717) is 18.8 Å². The zero-order chi connectivity index (χ0) is 19.6. The van der Waals surface area contributed by atoms with Crippen molar-refractivity contribution in [1.29, 1.82) is 0 Å². The van der Waals surface area contributed by atoms with E-state index < -0.39 is 27.3 Å². The van der Waals surface area contributed by atoms with Crippen LogP contribution in [0.2, 0.25) is 0 Å². The van der Waals surface area contributed by atoms with Crippen molar-refractivity contribution < 1.29 is 28.2 Å². The molecule has 1 N–H and O–H groups in total. The Balaban J connectivity index is 1.79. The lowest BCUT2D eigenvalue weighted by molar-refractivity contribution is -0.268. The zero-order valence-electron chi connectivity index (χ0n) is 14.7. The fourth-order valence-corrected chi connectivity index (χ4v) is 4.50. The van der Waals surface area contributed by atoms with Gasteiger partial charge < -0.3 is 19.8 Å². The van der Waals surface area contributed by atoms with E-state index in [1.165, 1.54) is 4.31 Å². The van der Waals surface area contributed by atoms with Gasteiger partial charge in [0.25, 0.3) is 0 Å². The van der Waals surface area contributed by atoms with Crippen LogP contribution in [0.15, 0.2) is 47.4 Å². The van der Waals surface area contributed by atoms with Crippen LogP contribution in [0.4, 0.5) is 5.69 Å². The van der Waals surface area contributed by atoms with Gasteiger partial charge in [-0.1, -0.05) is 23.9 Å². The lowest BCUT2D eigenvalue weighted by Gasteiger charge is -2.36. The average Bonchev–Trinajstić information content (AvgIpc) is 2.68. The van der Waals surface area contributed by atoms with Gasteiger partial charge in [-0.05, 0) is 24.3 Å². The number of carboxylic acids is 1. The highest BCUT2D eigenvalue weighted by atomic mass is 32.2. The summed E-state index contributed by atoms with van der Waals surface area (Å²) >= 11 is 0. The first-order chi connectivity index (χ1) is 12.8. The molecule has 1 heterocycles. The zero-order valence-corrected chi connectivity index (χ0v) is 15.5. The molecule has 0 spiro atoms. The molecule has 0 aromatic heterocycles. The third-order valence-corrected chi connectivity index (χ3v) is 6.38. The minimum absolute atomic E-state index is 0.190. The van der Waals surface area contributed by atoms with Crippen molar-refractivity contribution in [1.82, 2.24) is 4.31 Å². The Kier molecular flexibility index (Phi) is 5.24. The molecule has 1 fully saturated rings. The third-order valence-electron chi connectivity index (χ3n) is 4.48. The number of hydrogen-bond donors (Lipinski definition) is 1. The smallest absolute Gasteiger partial charge is 0.335 e. The second kappa shape index (κ2) is 7.45. The number of para-hydroxylation sites is 2. The fraction of sp³-hybridized carbons (Fsp3) is 0.278. The molecular formula is C18H19N2O6S-. The molecule has 1 aliphatic heterocycles. The molecule has 1 saturated heterocycles. The maximum Gasteiger partial charge on any atom is 0.335 e. The number of rotatable bonds is 5. The van der Waals surface area contributed by atoms with Crippen LogP contribution in [-0.4, -0.2) is 57.1 Å². The first kappa shape index (κ1) is 19.0. The molecule has 2 aromatic rings.